The molecule has 0 spiro atoms. The van der Waals surface area contributed by atoms with Crippen LogP contribution in [0.1, 0.15) is 5.56 Å². The van der Waals surface area contributed by atoms with Gasteiger partial charge in [0.2, 0.25) is 5.82 Å². The summed E-state index contributed by atoms with van der Waals surface area (Å²) < 4.78 is 66.1. The lowest BCUT2D eigenvalue weighted by atomic mass is 10.0. The Bertz CT molecular complexity index is 694. The van der Waals surface area contributed by atoms with E-state index in [2.05, 4.69) is 4.98 Å². The Kier molecular flexibility index (Phi) is 3.13. The van der Waals surface area contributed by atoms with Crippen LogP contribution in [0.3, 0.4) is 0 Å². The molecule has 1 aromatic heterocycles. The fraction of sp³-hybridized carbons (Fsp3) is 0.0833. The maximum absolute atomic E-state index is 13.6. The lowest BCUT2D eigenvalue weighted by molar-refractivity contribution is 0.381. The Morgan fingerprint density at radius 3 is 1.89 bits per heavy atom. The van der Waals surface area contributed by atoms with Gasteiger partial charge in [0.05, 0.1) is 11.3 Å². The second kappa shape index (κ2) is 4.49. The van der Waals surface area contributed by atoms with Gasteiger partial charge in [-0.3, -0.25) is 4.79 Å². The predicted octanol–water partition coefficient (Wildman–Crippen LogP) is 3.05. The standard InChI is InChI=1S/C12H6F5NO/c1-4-5(19)2-3-18-12(4)6-7(13)9(15)11(17)10(16)8(6)14/h2-3H,1H3,(H,18,19). The van der Waals surface area contributed by atoms with Gasteiger partial charge in [0.1, 0.15) is 0 Å². The maximum Gasteiger partial charge on any atom is 0.200 e. The molecule has 0 bridgehead atoms. The molecular formula is C12H6F5NO. The van der Waals surface area contributed by atoms with Gasteiger partial charge in [-0.05, 0) is 6.92 Å². The molecule has 2 rings (SSSR count). The second-order valence-electron chi connectivity index (χ2n) is 3.79. The molecule has 2 nitrogen and oxygen atoms in total. The summed E-state index contributed by atoms with van der Waals surface area (Å²) in [4.78, 5) is 13.7. The first-order valence-electron chi connectivity index (χ1n) is 5.06. The quantitative estimate of drug-likeness (QED) is 0.484. The van der Waals surface area contributed by atoms with E-state index in [1.807, 2.05) is 0 Å². The van der Waals surface area contributed by atoms with Crippen molar-refractivity contribution in [2.75, 3.05) is 0 Å². The minimum absolute atomic E-state index is 0.147. The molecule has 19 heavy (non-hydrogen) atoms. The van der Waals surface area contributed by atoms with E-state index in [9.17, 15) is 26.7 Å². The number of hydrogen-bond donors (Lipinski definition) is 1. The lowest BCUT2D eigenvalue weighted by Crippen LogP contribution is -2.10. The molecule has 0 atom stereocenters. The molecule has 0 radical (unpaired) electrons. The van der Waals surface area contributed by atoms with Crippen LogP contribution in [-0.4, -0.2) is 4.98 Å². The molecule has 1 N–H and O–H groups in total. The van der Waals surface area contributed by atoms with Crippen LogP contribution in [0, 0.1) is 36.0 Å². The normalized spacial score (nSPS) is 10.8. The summed E-state index contributed by atoms with van der Waals surface area (Å²) in [5.74, 6) is -10.3. The van der Waals surface area contributed by atoms with Gasteiger partial charge in [-0.25, -0.2) is 22.0 Å². The van der Waals surface area contributed by atoms with Crippen LogP contribution < -0.4 is 5.43 Å². The van der Waals surface area contributed by atoms with Crippen LogP contribution in [0.5, 0.6) is 0 Å². The van der Waals surface area contributed by atoms with E-state index in [1.165, 1.54) is 6.92 Å². The number of H-pyrrole nitrogens is 1. The van der Waals surface area contributed by atoms with Gasteiger partial charge < -0.3 is 4.98 Å². The van der Waals surface area contributed by atoms with E-state index in [0.717, 1.165) is 12.3 Å². The molecule has 0 aliphatic carbocycles. The highest BCUT2D eigenvalue weighted by atomic mass is 19.2. The van der Waals surface area contributed by atoms with Crippen molar-refractivity contribution in [3.8, 4) is 11.3 Å². The highest BCUT2D eigenvalue weighted by molar-refractivity contribution is 5.64. The zero-order valence-corrected chi connectivity index (χ0v) is 9.45. The van der Waals surface area contributed by atoms with Crippen molar-refractivity contribution in [3.63, 3.8) is 0 Å². The Hall–Kier alpha value is -2.18. The first kappa shape index (κ1) is 13.3. The molecule has 1 aromatic carbocycles. The number of hydrogen-bond acceptors (Lipinski definition) is 1. The molecule has 2 aromatic rings. The zero-order valence-electron chi connectivity index (χ0n) is 9.45. The molecule has 100 valence electrons. The number of pyridine rings is 1. The van der Waals surface area contributed by atoms with E-state index in [4.69, 9.17) is 0 Å². The van der Waals surface area contributed by atoms with E-state index in [-0.39, 0.29) is 5.56 Å². The summed E-state index contributed by atoms with van der Waals surface area (Å²) in [5.41, 5.74) is -2.32. The van der Waals surface area contributed by atoms with Crippen molar-refractivity contribution in [3.05, 3.63) is 57.1 Å². The van der Waals surface area contributed by atoms with Crippen molar-refractivity contribution >= 4 is 0 Å². The highest BCUT2D eigenvalue weighted by Gasteiger charge is 2.27. The van der Waals surface area contributed by atoms with Crippen LogP contribution in [0.4, 0.5) is 22.0 Å². The first-order chi connectivity index (χ1) is 8.86. The minimum atomic E-state index is -2.24. The fourth-order valence-electron chi connectivity index (χ4n) is 1.64. The average molecular weight is 275 g/mol. The molecule has 0 fully saturated rings. The van der Waals surface area contributed by atoms with E-state index >= 15 is 0 Å². The fourth-order valence-corrected chi connectivity index (χ4v) is 1.64. The van der Waals surface area contributed by atoms with Crippen molar-refractivity contribution < 1.29 is 22.0 Å². The Balaban J connectivity index is 2.91. The number of nitrogens with one attached hydrogen (secondary N) is 1. The van der Waals surface area contributed by atoms with Gasteiger partial charge in [0.25, 0.3) is 0 Å². The third kappa shape index (κ3) is 1.91. The highest BCUT2D eigenvalue weighted by Crippen LogP contribution is 2.30. The maximum atomic E-state index is 13.6. The Morgan fingerprint density at radius 1 is 0.895 bits per heavy atom. The summed E-state index contributed by atoms with van der Waals surface area (Å²) in [6.07, 6.45) is 1.06. The van der Waals surface area contributed by atoms with Crippen LogP contribution in [0.15, 0.2) is 17.1 Å². The molecular weight excluding hydrogens is 269 g/mol. The largest absolute Gasteiger partial charge is 0.361 e. The van der Waals surface area contributed by atoms with Crippen molar-refractivity contribution in [1.82, 2.24) is 4.98 Å². The molecule has 0 amide bonds. The van der Waals surface area contributed by atoms with Crippen LogP contribution in [-0.2, 0) is 0 Å². The molecule has 0 saturated heterocycles. The van der Waals surface area contributed by atoms with Crippen LogP contribution >= 0.6 is 0 Å². The smallest absolute Gasteiger partial charge is 0.200 e. The average Bonchev–Trinajstić information content (AvgIpc) is 2.39. The van der Waals surface area contributed by atoms with Gasteiger partial charge in [0, 0.05) is 17.8 Å². The van der Waals surface area contributed by atoms with Gasteiger partial charge in [-0.15, -0.1) is 0 Å². The third-order valence-corrected chi connectivity index (χ3v) is 2.67. The Labute approximate surface area is 103 Å². The SMILES string of the molecule is Cc1c(-c2c(F)c(F)c(F)c(F)c2F)[nH]ccc1=O. The van der Waals surface area contributed by atoms with Crippen molar-refractivity contribution in [2.24, 2.45) is 0 Å². The summed E-state index contributed by atoms with van der Waals surface area (Å²) in [5, 5.41) is 0. The van der Waals surface area contributed by atoms with E-state index in [1.54, 1.807) is 0 Å². The first-order valence-corrected chi connectivity index (χ1v) is 5.06. The summed E-state index contributed by atoms with van der Waals surface area (Å²) >= 11 is 0. The summed E-state index contributed by atoms with van der Waals surface area (Å²) in [6, 6.07) is 1.07. The number of aromatic nitrogens is 1. The predicted molar refractivity (Wildman–Crippen MR) is 57.0 cm³/mol. The van der Waals surface area contributed by atoms with E-state index in [0.29, 0.717) is 0 Å². The van der Waals surface area contributed by atoms with Crippen molar-refractivity contribution in [1.29, 1.82) is 0 Å². The van der Waals surface area contributed by atoms with Gasteiger partial charge >= 0.3 is 0 Å². The Morgan fingerprint density at radius 2 is 1.37 bits per heavy atom. The number of benzene rings is 1. The number of rotatable bonds is 1. The van der Waals surface area contributed by atoms with E-state index < -0.39 is 45.8 Å². The second-order valence-corrected chi connectivity index (χ2v) is 3.79. The lowest BCUT2D eigenvalue weighted by Gasteiger charge is -2.10. The third-order valence-electron chi connectivity index (χ3n) is 2.67. The summed E-state index contributed by atoms with van der Waals surface area (Å²) in [6.45, 7) is 1.21. The van der Waals surface area contributed by atoms with Gasteiger partial charge in [-0.1, -0.05) is 0 Å². The van der Waals surface area contributed by atoms with Crippen molar-refractivity contribution in [2.45, 2.75) is 6.92 Å². The van der Waals surface area contributed by atoms with Crippen LogP contribution in [0.25, 0.3) is 11.3 Å². The molecule has 0 saturated carbocycles. The molecule has 1 heterocycles. The number of halogens is 5. The zero-order chi connectivity index (χ0) is 14.3. The number of aromatic amines is 1. The summed E-state index contributed by atoms with van der Waals surface area (Å²) in [7, 11) is 0. The molecule has 0 unspecified atom stereocenters. The topological polar surface area (TPSA) is 32.9 Å². The monoisotopic (exact) mass is 275 g/mol. The molecule has 7 heteroatoms. The molecule has 0 aliphatic heterocycles. The van der Waals surface area contributed by atoms with Gasteiger partial charge in [-0.2, -0.15) is 0 Å². The minimum Gasteiger partial charge on any atom is -0.361 e. The molecule has 0 aliphatic rings. The van der Waals surface area contributed by atoms with Gasteiger partial charge in [0.15, 0.2) is 28.7 Å². The van der Waals surface area contributed by atoms with Crippen LogP contribution in [0.2, 0.25) is 0 Å².